The predicted octanol–water partition coefficient (Wildman–Crippen LogP) is 4.10. The highest BCUT2D eigenvalue weighted by Crippen LogP contribution is 2.20. The quantitative estimate of drug-likeness (QED) is 0.761. The summed E-state index contributed by atoms with van der Waals surface area (Å²) in [6.07, 6.45) is 4.27. The first-order valence-corrected chi connectivity index (χ1v) is 6.59. The van der Waals surface area contributed by atoms with E-state index < -0.39 is 5.60 Å². The van der Waals surface area contributed by atoms with E-state index in [9.17, 15) is 5.11 Å². The fraction of sp³-hybridized carbons (Fsp3) is 0.625. The highest BCUT2D eigenvalue weighted by Gasteiger charge is 2.11. The van der Waals surface area contributed by atoms with Gasteiger partial charge in [0.25, 0.3) is 0 Å². The van der Waals surface area contributed by atoms with Crippen molar-refractivity contribution in [1.82, 2.24) is 0 Å². The summed E-state index contributed by atoms with van der Waals surface area (Å²) >= 11 is 0. The topological polar surface area (TPSA) is 20.2 Å². The van der Waals surface area contributed by atoms with Gasteiger partial charge < -0.3 is 5.11 Å². The maximum absolute atomic E-state index is 9.66. The van der Waals surface area contributed by atoms with Gasteiger partial charge in [-0.2, -0.15) is 0 Å². The van der Waals surface area contributed by atoms with E-state index >= 15 is 0 Å². The summed E-state index contributed by atoms with van der Waals surface area (Å²) in [5.41, 5.74) is 5.14. The SMILES string of the molecule is Cc1cc(C)c(CCCCC(C)(C)O)c(C)c1. The molecule has 1 N–H and O–H groups in total. The van der Waals surface area contributed by atoms with E-state index in [0.29, 0.717) is 0 Å². The van der Waals surface area contributed by atoms with E-state index in [1.807, 2.05) is 13.8 Å². The lowest BCUT2D eigenvalue weighted by Crippen LogP contribution is -2.17. The van der Waals surface area contributed by atoms with Crippen LogP contribution in [0.2, 0.25) is 0 Å². The van der Waals surface area contributed by atoms with Crippen LogP contribution in [0.1, 0.15) is 55.4 Å². The van der Waals surface area contributed by atoms with Crippen molar-refractivity contribution in [1.29, 1.82) is 0 Å². The summed E-state index contributed by atoms with van der Waals surface area (Å²) in [6, 6.07) is 4.52. The first kappa shape index (κ1) is 14.2. The molecule has 0 aliphatic carbocycles. The second kappa shape index (κ2) is 5.68. The lowest BCUT2D eigenvalue weighted by molar-refractivity contribution is 0.0682. The molecule has 1 nitrogen and oxygen atoms in total. The molecule has 0 heterocycles. The Morgan fingerprint density at radius 3 is 2.00 bits per heavy atom. The summed E-state index contributed by atoms with van der Waals surface area (Å²) in [6.45, 7) is 10.3. The van der Waals surface area contributed by atoms with Gasteiger partial charge in [-0.3, -0.25) is 0 Å². The fourth-order valence-electron chi connectivity index (χ4n) is 2.46. The van der Waals surface area contributed by atoms with E-state index in [-0.39, 0.29) is 0 Å². The maximum atomic E-state index is 9.66. The Bertz CT molecular complexity index is 349. The Balaban J connectivity index is 2.53. The lowest BCUT2D eigenvalue weighted by atomic mass is 9.94. The molecule has 0 aliphatic rings. The van der Waals surface area contributed by atoms with Gasteiger partial charge in [-0.05, 0) is 70.6 Å². The molecule has 1 aromatic carbocycles. The van der Waals surface area contributed by atoms with Crippen molar-refractivity contribution in [2.24, 2.45) is 0 Å². The minimum Gasteiger partial charge on any atom is -0.390 e. The van der Waals surface area contributed by atoms with Gasteiger partial charge in [0.05, 0.1) is 5.60 Å². The number of aliphatic hydroxyl groups is 1. The first-order valence-electron chi connectivity index (χ1n) is 6.59. The van der Waals surface area contributed by atoms with Gasteiger partial charge in [-0.25, -0.2) is 0 Å². The molecule has 0 saturated carbocycles. The molecule has 0 unspecified atom stereocenters. The van der Waals surface area contributed by atoms with Crippen molar-refractivity contribution in [2.75, 3.05) is 0 Å². The van der Waals surface area contributed by atoms with Crippen LogP contribution in [0.3, 0.4) is 0 Å². The monoisotopic (exact) mass is 234 g/mol. The van der Waals surface area contributed by atoms with Gasteiger partial charge >= 0.3 is 0 Å². The Morgan fingerprint density at radius 1 is 1.00 bits per heavy atom. The number of benzene rings is 1. The molecule has 0 spiro atoms. The van der Waals surface area contributed by atoms with Crippen molar-refractivity contribution >= 4 is 0 Å². The Labute approximate surface area is 106 Å². The van der Waals surface area contributed by atoms with Crippen LogP contribution in [0.4, 0.5) is 0 Å². The molecule has 1 heteroatoms. The third-order valence-corrected chi connectivity index (χ3v) is 3.31. The highest BCUT2D eigenvalue weighted by atomic mass is 16.3. The van der Waals surface area contributed by atoms with E-state index in [4.69, 9.17) is 0 Å². The number of hydrogen-bond acceptors (Lipinski definition) is 1. The smallest absolute Gasteiger partial charge is 0.0591 e. The summed E-state index contributed by atoms with van der Waals surface area (Å²) in [5.74, 6) is 0. The van der Waals surface area contributed by atoms with Crippen molar-refractivity contribution in [3.05, 3.63) is 34.4 Å². The minimum absolute atomic E-state index is 0.517. The van der Waals surface area contributed by atoms with Crippen LogP contribution in [-0.4, -0.2) is 10.7 Å². The van der Waals surface area contributed by atoms with Crippen LogP contribution in [0, 0.1) is 20.8 Å². The molecule has 17 heavy (non-hydrogen) atoms. The zero-order valence-electron chi connectivity index (χ0n) is 11.9. The third-order valence-electron chi connectivity index (χ3n) is 3.31. The Kier molecular flexibility index (Phi) is 4.76. The second-order valence-corrected chi connectivity index (χ2v) is 5.90. The molecule has 0 atom stereocenters. The lowest BCUT2D eigenvalue weighted by Gasteiger charge is -2.17. The van der Waals surface area contributed by atoms with Crippen LogP contribution < -0.4 is 0 Å². The number of unbranched alkanes of at least 4 members (excludes halogenated alkanes) is 1. The summed E-state index contributed by atoms with van der Waals surface area (Å²) in [4.78, 5) is 0. The Morgan fingerprint density at radius 2 is 1.53 bits per heavy atom. The van der Waals surface area contributed by atoms with Gasteiger partial charge in [0, 0.05) is 0 Å². The van der Waals surface area contributed by atoms with Gasteiger partial charge in [-0.15, -0.1) is 0 Å². The molecule has 0 bridgehead atoms. The molecule has 96 valence electrons. The van der Waals surface area contributed by atoms with E-state index in [1.165, 1.54) is 22.3 Å². The fourth-order valence-corrected chi connectivity index (χ4v) is 2.46. The molecule has 0 radical (unpaired) electrons. The molecular formula is C16H26O. The highest BCUT2D eigenvalue weighted by molar-refractivity contribution is 5.37. The first-order chi connectivity index (χ1) is 7.79. The van der Waals surface area contributed by atoms with Crippen LogP contribution in [0.25, 0.3) is 0 Å². The molecule has 0 aliphatic heterocycles. The number of rotatable bonds is 5. The van der Waals surface area contributed by atoms with E-state index in [0.717, 1.165) is 25.7 Å². The average molecular weight is 234 g/mol. The largest absolute Gasteiger partial charge is 0.390 e. The van der Waals surface area contributed by atoms with Crippen molar-refractivity contribution in [3.8, 4) is 0 Å². The van der Waals surface area contributed by atoms with Crippen LogP contribution in [0.5, 0.6) is 0 Å². The Hall–Kier alpha value is -0.820. The zero-order chi connectivity index (χ0) is 13.1. The second-order valence-electron chi connectivity index (χ2n) is 5.90. The predicted molar refractivity (Wildman–Crippen MR) is 74.5 cm³/mol. The summed E-state index contributed by atoms with van der Waals surface area (Å²) < 4.78 is 0. The van der Waals surface area contributed by atoms with Gasteiger partial charge in [0.2, 0.25) is 0 Å². The summed E-state index contributed by atoms with van der Waals surface area (Å²) in [5, 5.41) is 9.66. The van der Waals surface area contributed by atoms with Crippen molar-refractivity contribution in [2.45, 2.75) is 65.9 Å². The third kappa shape index (κ3) is 4.91. The normalized spacial score (nSPS) is 11.9. The van der Waals surface area contributed by atoms with Gasteiger partial charge in [-0.1, -0.05) is 24.1 Å². The summed E-state index contributed by atoms with van der Waals surface area (Å²) in [7, 11) is 0. The average Bonchev–Trinajstić information content (AvgIpc) is 2.13. The van der Waals surface area contributed by atoms with Crippen LogP contribution in [-0.2, 0) is 6.42 Å². The molecule has 0 saturated heterocycles. The van der Waals surface area contributed by atoms with Crippen LogP contribution in [0.15, 0.2) is 12.1 Å². The van der Waals surface area contributed by atoms with Crippen molar-refractivity contribution < 1.29 is 5.11 Å². The molecule has 0 fully saturated rings. The molecule has 0 aromatic heterocycles. The number of aryl methyl sites for hydroxylation is 3. The van der Waals surface area contributed by atoms with E-state index in [2.05, 4.69) is 32.9 Å². The van der Waals surface area contributed by atoms with Gasteiger partial charge in [0.1, 0.15) is 0 Å². The molecule has 1 rings (SSSR count). The molecule has 1 aromatic rings. The van der Waals surface area contributed by atoms with Crippen molar-refractivity contribution in [3.63, 3.8) is 0 Å². The van der Waals surface area contributed by atoms with Gasteiger partial charge in [0.15, 0.2) is 0 Å². The zero-order valence-corrected chi connectivity index (χ0v) is 11.9. The molecule has 0 amide bonds. The number of hydrogen-bond donors (Lipinski definition) is 1. The minimum atomic E-state index is -0.517. The van der Waals surface area contributed by atoms with E-state index in [1.54, 1.807) is 0 Å². The standard InChI is InChI=1S/C16H26O/c1-12-10-13(2)15(14(3)11-12)8-6-7-9-16(4,5)17/h10-11,17H,6-9H2,1-5H3. The van der Waals surface area contributed by atoms with Crippen LogP contribution >= 0.6 is 0 Å². The maximum Gasteiger partial charge on any atom is 0.0591 e. The molecular weight excluding hydrogens is 208 g/mol.